The highest BCUT2D eigenvalue weighted by atomic mass is 32.1. The van der Waals surface area contributed by atoms with Crippen LogP contribution >= 0.6 is 11.3 Å². The van der Waals surface area contributed by atoms with Gasteiger partial charge in [-0.3, -0.25) is 10.1 Å². The molecule has 0 saturated carbocycles. The number of aromatic nitrogens is 1. The third-order valence-corrected chi connectivity index (χ3v) is 4.36. The lowest BCUT2D eigenvalue weighted by Crippen LogP contribution is -2.11. The number of nitrogens with one attached hydrogen (secondary N) is 1. The number of fused-ring (bicyclic) bond motifs is 1. The van der Waals surface area contributed by atoms with Crippen molar-refractivity contribution in [2.75, 3.05) is 5.32 Å². The second-order valence-corrected chi connectivity index (χ2v) is 6.92. The minimum Gasteiger partial charge on any atom is -0.459 e. The molecule has 5 nitrogen and oxygen atoms in total. The Hall–Kier alpha value is -2.99. The summed E-state index contributed by atoms with van der Waals surface area (Å²) in [6, 6.07) is 14.7. The van der Waals surface area contributed by atoms with Gasteiger partial charge in [-0.1, -0.05) is 41.7 Å². The topological polar surface area (TPSA) is 68.3 Å². The van der Waals surface area contributed by atoms with Gasteiger partial charge in [0.2, 0.25) is 5.91 Å². The van der Waals surface area contributed by atoms with Crippen LogP contribution in [0.5, 0.6) is 0 Å². The van der Waals surface area contributed by atoms with E-state index in [0.717, 1.165) is 15.8 Å². The standard InChI is InChI=1S/C20H18N2O3S/c1-13(2)25-19(24)15-9-10-16-17(12-15)26-20(21-16)22-18(23)11-8-14-6-4-3-5-7-14/h3-13H,1-2H3,(H,21,22,23)/b11-8+. The number of ether oxygens (including phenoxy) is 1. The van der Waals surface area contributed by atoms with E-state index in [1.165, 1.54) is 17.4 Å². The molecule has 26 heavy (non-hydrogen) atoms. The summed E-state index contributed by atoms with van der Waals surface area (Å²) in [5.41, 5.74) is 2.13. The van der Waals surface area contributed by atoms with Crippen molar-refractivity contribution in [1.82, 2.24) is 4.98 Å². The van der Waals surface area contributed by atoms with Gasteiger partial charge in [-0.2, -0.15) is 0 Å². The van der Waals surface area contributed by atoms with Crippen molar-refractivity contribution in [3.8, 4) is 0 Å². The first-order valence-electron chi connectivity index (χ1n) is 8.17. The number of nitrogens with zero attached hydrogens (tertiary/aromatic N) is 1. The lowest BCUT2D eigenvalue weighted by atomic mass is 10.2. The van der Waals surface area contributed by atoms with Gasteiger partial charge in [-0.25, -0.2) is 9.78 Å². The molecule has 0 saturated heterocycles. The Balaban J connectivity index is 1.71. The maximum Gasteiger partial charge on any atom is 0.338 e. The highest BCUT2D eigenvalue weighted by Crippen LogP contribution is 2.27. The summed E-state index contributed by atoms with van der Waals surface area (Å²) in [5.74, 6) is -0.626. The molecule has 0 aliphatic rings. The quantitative estimate of drug-likeness (QED) is 0.533. The summed E-state index contributed by atoms with van der Waals surface area (Å²) in [5, 5.41) is 3.23. The fraction of sp³-hybridized carbons (Fsp3) is 0.150. The maximum atomic E-state index is 12.1. The summed E-state index contributed by atoms with van der Waals surface area (Å²) >= 11 is 1.31. The lowest BCUT2D eigenvalue weighted by molar-refractivity contribution is -0.111. The first kappa shape index (κ1) is 17.8. The average Bonchev–Trinajstić information content (AvgIpc) is 3.01. The SMILES string of the molecule is CC(C)OC(=O)c1ccc2nc(NC(=O)/C=C/c3ccccc3)sc2c1. The highest BCUT2D eigenvalue weighted by molar-refractivity contribution is 7.22. The predicted molar refractivity (Wildman–Crippen MR) is 104 cm³/mol. The molecule has 0 unspecified atom stereocenters. The Labute approximate surface area is 155 Å². The van der Waals surface area contributed by atoms with Crippen molar-refractivity contribution in [3.63, 3.8) is 0 Å². The molecule has 0 bridgehead atoms. The summed E-state index contributed by atoms with van der Waals surface area (Å²) < 4.78 is 6.01. The van der Waals surface area contributed by atoms with E-state index in [9.17, 15) is 9.59 Å². The largest absolute Gasteiger partial charge is 0.459 e. The van der Waals surface area contributed by atoms with E-state index < -0.39 is 0 Å². The van der Waals surface area contributed by atoms with Gasteiger partial charge in [0.05, 0.1) is 21.9 Å². The van der Waals surface area contributed by atoms with E-state index in [1.807, 2.05) is 30.3 Å². The van der Waals surface area contributed by atoms with Crippen molar-refractivity contribution < 1.29 is 14.3 Å². The molecule has 0 spiro atoms. The van der Waals surface area contributed by atoms with Gasteiger partial charge in [0, 0.05) is 6.08 Å². The number of carbonyl (C=O) groups excluding carboxylic acids is 2. The Morgan fingerprint density at radius 2 is 1.92 bits per heavy atom. The molecule has 1 aromatic heterocycles. The van der Waals surface area contributed by atoms with Gasteiger partial charge in [-0.15, -0.1) is 0 Å². The number of hydrogen-bond donors (Lipinski definition) is 1. The van der Waals surface area contributed by atoms with Crippen LogP contribution in [-0.2, 0) is 9.53 Å². The van der Waals surface area contributed by atoms with Crippen LogP contribution in [0.3, 0.4) is 0 Å². The van der Waals surface area contributed by atoms with E-state index >= 15 is 0 Å². The normalized spacial score (nSPS) is 11.2. The Morgan fingerprint density at radius 1 is 1.15 bits per heavy atom. The number of esters is 1. The van der Waals surface area contributed by atoms with Gasteiger partial charge >= 0.3 is 5.97 Å². The summed E-state index contributed by atoms with van der Waals surface area (Å²) in [6.45, 7) is 3.61. The molecular weight excluding hydrogens is 348 g/mol. The minimum atomic E-state index is -0.369. The van der Waals surface area contributed by atoms with E-state index in [0.29, 0.717) is 10.7 Å². The smallest absolute Gasteiger partial charge is 0.338 e. The van der Waals surface area contributed by atoms with Crippen molar-refractivity contribution in [2.24, 2.45) is 0 Å². The van der Waals surface area contributed by atoms with Crippen molar-refractivity contribution in [2.45, 2.75) is 20.0 Å². The van der Waals surface area contributed by atoms with Crippen molar-refractivity contribution in [1.29, 1.82) is 0 Å². The number of amides is 1. The molecule has 1 heterocycles. The molecule has 0 aliphatic carbocycles. The van der Waals surface area contributed by atoms with Crippen LogP contribution in [-0.4, -0.2) is 23.0 Å². The van der Waals surface area contributed by atoms with Crippen LogP contribution < -0.4 is 5.32 Å². The van der Waals surface area contributed by atoms with Crippen LogP contribution in [0.4, 0.5) is 5.13 Å². The number of thiazole rings is 1. The van der Waals surface area contributed by atoms with Gasteiger partial charge in [0.25, 0.3) is 0 Å². The second-order valence-electron chi connectivity index (χ2n) is 5.89. The molecule has 6 heteroatoms. The zero-order valence-corrected chi connectivity index (χ0v) is 15.2. The Morgan fingerprint density at radius 3 is 2.65 bits per heavy atom. The van der Waals surface area contributed by atoms with Crippen LogP contribution in [0.15, 0.2) is 54.6 Å². The lowest BCUT2D eigenvalue weighted by Gasteiger charge is -2.07. The molecule has 3 rings (SSSR count). The average molecular weight is 366 g/mol. The highest BCUT2D eigenvalue weighted by Gasteiger charge is 2.12. The number of hydrogen-bond acceptors (Lipinski definition) is 5. The second kappa shape index (κ2) is 7.93. The summed E-state index contributed by atoms with van der Waals surface area (Å²) in [4.78, 5) is 28.4. The van der Waals surface area contributed by atoms with E-state index in [1.54, 1.807) is 38.1 Å². The third kappa shape index (κ3) is 4.55. The molecule has 0 fully saturated rings. The molecule has 0 atom stereocenters. The predicted octanol–water partition coefficient (Wildman–Crippen LogP) is 4.51. The molecule has 3 aromatic rings. The zero-order chi connectivity index (χ0) is 18.5. The van der Waals surface area contributed by atoms with Gasteiger partial charge < -0.3 is 4.74 Å². The molecule has 1 N–H and O–H groups in total. The maximum absolute atomic E-state index is 12.1. The zero-order valence-electron chi connectivity index (χ0n) is 14.4. The third-order valence-electron chi connectivity index (χ3n) is 3.42. The van der Waals surface area contributed by atoms with Gasteiger partial charge in [0.15, 0.2) is 5.13 Å². The molecule has 2 aromatic carbocycles. The Kier molecular flexibility index (Phi) is 5.43. The van der Waals surface area contributed by atoms with Crippen LogP contribution in [0.1, 0.15) is 29.8 Å². The summed E-state index contributed by atoms with van der Waals surface area (Å²) in [7, 11) is 0. The first-order valence-corrected chi connectivity index (χ1v) is 8.98. The molecule has 0 aliphatic heterocycles. The molecule has 0 radical (unpaired) electrons. The molecular formula is C20H18N2O3S. The van der Waals surface area contributed by atoms with Crippen LogP contribution in [0.25, 0.3) is 16.3 Å². The molecule has 132 valence electrons. The van der Waals surface area contributed by atoms with Gasteiger partial charge in [-0.05, 0) is 43.7 Å². The van der Waals surface area contributed by atoms with E-state index in [2.05, 4.69) is 10.3 Å². The van der Waals surface area contributed by atoms with E-state index in [4.69, 9.17) is 4.74 Å². The van der Waals surface area contributed by atoms with Crippen molar-refractivity contribution >= 4 is 44.6 Å². The first-order chi connectivity index (χ1) is 12.5. The minimum absolute atomic E-state index is 0.175. The number of rotatable bonds is 5. The van der Waals surface area contributed by atoms with E-state index in [-0.39, 0.29) is 18.0 Å². The number of carbonyl (C=O) groups is 2. The number of benzene rings is 2. The number of anilines is 1. The fourth-order valence-corrected chi connectivity index (χ4v) is 3.18. The van der Waals surface area contributed by atoms with Crippen molar-refractivity contribution in [3.05, 3.63) is 65.7 Å². The summed E-state index contributed by atoms with van der Waals surface area (Å²) in [6.07, 6.45) is 3.03. The monoisotopic (exact) mass is 366 g/mol. The van der Waals surface area contributed by atoms with Crippen LogP contribution in [0, 0.1) is 0 Å². The fourth-order valence-electron chi connectivity index (χ4n) is 2.27. The Bertz CT molecular complexity index is 962. The molecule has 1 amide bonds. The van der Waals surface area contributed by atoms with Crippen LogP contribution in [0.2, 0.25) is 0 Å². The van der Waals surface area contributed by atoms with Gasteiger partial charge in [0.1, 0.15) is 0 Å².